The van der Waals surface area contributed by atoms with E-state index < -0.39 is 0 Å². The Kier molecular flexibility index (Phi) is 4.61. The lowest BCUT2D eigenvalue weighted by atomic mass is 9.95. The third-order valence-corrected chi connectivity index (χ3v) is 4.42. The van der Waals surface area contributed by atoms with E-state index in [0.29, 0.717) is 12.5 Å². The highest BCUT2D eigenvalue weighted by Gasteiger charge is 2.31. The number of hydrogen-bond acceptors (Lipinski definition) is 2. The Hall–Kier alpha value is -0.620. The summed E-state index contributed by atoms with van der Waals surface area (Å²) in [4.78, 5) is 12.3. The van der Waals surface area contributed by atoms with Crippen LogP contribution in [0.3, 0.4) is 0 Å². The van der Waals surface area contributed by atoms with Gasteiger partial charge in [-0.25, -0.2) is 0 Å². The van der Waals surface area contributed by atoms with Crippen LogP contribution in [0, 0.1) is 22.3 Å². The summed E-state index contributed by atoms with van der Waals surface area (Å²) in [6, 6.07) is 6.06. The van der Waals surface area contributed by atoms with E-state index in [1.54, 1.807) is 0 Å². The molecule has 1 amide bonds. The quantitative estimate of drug-likeness (QED) is 0.817. The van der Waals surface area contributed by atoms with Crippen molar-refractivity contribution in [3.8, 4) is 0 Å². The Morgan fingerprint density at radius 2 is 2.28 bits per heavy atom. The van der Waals surface area contributed by atoms with Gasteiger partial charge in [0.25, 0.3) is 0 Å². The number of carbonyl (C=O) groups is 1. The van der Waals surface area contributed by atoms with Crippen molar-refractivity contribution in [1.29, 1.82) is 0 Å². The second kappa shape index (κ2) is 6.02. The van der Waals surface area contributed by atoms with Gasteiger partial charge >= 0.3 is 0 Å². The number of nitrogens with one attached hydrogen (secondary N) is 1. The van der Waals surface area contributed by atoms with Gasteiger partial charge in [-0.05, 0) is 78.6 Å². The molecule has 1 saturated carbocycles. The van der Waals surface area contributed by atoms with Crippen molar-refractivity contribution in [1.82, 2.24) is 0 Å². The van der Waals surface area contributed by atoms with E-state index in [0.717, 1.165) is 30.5 Å². The Morgan fingerprint density at radius 3 is 2.94 bits per heavy atom. The number of halogens is 1. The van der Waals surface area contributed by atoms with Crippen molar-refractivity contribution >= 4 is 34.2 Å². The average Bonchev–Trinajstić information content (AvgIpc) is 2.81. The maximum atomic E-state index is 12.3. The zero-order chi connectivity index (χ0) is 13.1. The fourth-order valence-corrected chi connectivity index (χ4v) is 3.30. The number of amides is 1. The number of nitrogens with two attached hydrogens (primary N) is 1. The summed E-state index contributed by atoms with van der Waals surface area (Å²) < 4.78 is 1.18. The van der Waals surface area contributed by atoms with Crippen LogP contribution in [0.2, 0.25) is 0 Å². The lowest BCUT2D eigenvalue weighted by Crippen LogP contribution is -2.29. The zero-order valence-electron chi connectivity index (χ0n) is 10.6. The van der Waals surface area contributed by atoms with Crippen LogP contribution in [0.5, 0.6) is 0 Å². The van der Waals surface area contributed by atoms with E-state index in [2.05, 4.69) is 34.0 Å². The van der Waals surface area contributed by atoms with E-state index in [1.165, 1.54) is 3.57 Å². The van der Waals surface area contributed by atoms with Crippen molar-refractivity contribution in [2.75, 3.05) is 11.9 Å². The Balaban J connectivity index is 2.07. The molecule has 0 radical (unpaired) electrons. The summed E-state index contributed by atoms with van der Waals surface area (Å²) in [5.41, 5.74) is 7.75. The largest absolute Gasteiger partial charge is 0.330 e. The molecule has 1 aromatic carbocycles. The van der Waals surface area contributed by atoms with Gasteiger partial charge in [0.05, 0.1) is 0 Å². The predicted molar refractivity (Wildman–Crippen MR) is 82.4 cm³/mol. The smallest absolute Gasteiger partial charge is 0.227 e. The maximum Gasteiger partial charge on any atom is 0.227 e. The molecule has 18 heavy (non-hydrogen) atoms. The van der Waals surface area contributed by atoms with Gasteiger partial charge in [-0.1, -0.05) is 6.42 Å². The molecule has 2 unspecified atom stereocenters. The minimum absolute atomic E-state index is 0.0914. The summed E-state index contributed by atoms with van der Waals surface area (Å²) in [5, 5.41) is 3.05. The molecule has 1 aliphatic rings. The molecule has 4 heteroatoms. The SMILES string of the molecule is Cc1cc(I)ccc1NC(=O)C1CCCC1CN. The summed E-state index contributed by atoms with van der Waals surface area (Å²) in [6.07, 6.45) is 3.17. The molecule has 0 aromatic heterocycles. The summed E-state index contributed by atoms with van der Waals surface area (Å²) >= 11 is 2.27. The fraction of sp³-hybridized carbons (Fsp3) is 0.500. The van der Waals surface area contributed by atoms with Gasteiger partial charge in [0.2, 0.25) is 5.91 Å². The first kappa shape index (κ1) is 13.8. The lowest BCUT2D eigenvalue weighted by molar-refractivity contribution is -0.120. The number of carbonyl (C=O) groups excluding carboxylic acids is 1. The van der Waals surface area contributed by atoms with Crippen LogP contribution < -0.4 is 11.1 Å². The lowest BCUT2D eigenvalue weighted by Gasteiger charge is -2.18. The van der Waals surface area contributed by atoms with Gasteiger partial charge in [0.15, 0.2) is 0 Å². The molecule has 1 fully saturated rings. The van der Waals surface area contributed by atoms with Crippen molar-refractivity contribution in [2.45, 2.75) is 26.2 Å². The molecular formula is C14H19IN2O. The van der Waals surface area contributed by atoms with Gasteiger partial charge in [-0.2, -0.15) is 0 Å². The highest BCUT2D eigenvalue weighted by molar-refractivity contribution is 14.1. The monoisotopic (exact) mass is 358 g/mol. The molecule has 3 nitrogen and oxygen atoms in total. The molecule has 1 aromatic rings. The molecule has 2 atom stereocenters. The highest BCUT2D eigenvalue weighted by Crippen LogP contribution is 2.32. The van der Waals surface area contributed by atoms with E-state index in [4.69, 9.17) is 5.73 Å². The van der Waals surface area contributed by atoms with Gasteiger partial charge < -0.3 is 11.1 Å². The summed E-state index contributed by atoms with van der Waals surface area (Å²) in [6.45, 7) is 2.64. The second-order valence-corrected chi connectivity index (χ2v) is 6.23. The van der Waals surface area contributed by atoms with Gasteiger partial charge in [-0.15, -0.1) is 0 Å². The van der Waals surface area contributed by atoms with Crippen LogP contribution in [0.15, 0.2) is 18.2 Å². The van der Waals surface area contributed by atoms with E-state index in [1.807, 2.05) is 19.1 Å². The standard InChI is InChI=1S/C14H19IN2O/c1-9-7-11(15)5-6-13(9)17-14(18)12-4-2-3-10(12)8-16/h5-7,10,12H,2-4,8,16H2,1H3,(H,17,18). The van der Waals surface area contributed by atoms with Gasteiger partial charge in [0.1, 0.15) is 0 Å². The van der Waals surface area contributed by atoms with Crippen LogP contribution in [0.25, 0.3) is 0 Å². The highest BCUT2D eigenvalue weighted by atomic mass is 127. The van der Waals surface area contributed by atoms with Crippen molar-refractivity contribution < 1.29 is 4.79 Å². The van der Waals surface area contributed by atoms with Crippen LogP contribution in [-0.2, 0) is 4.79 Å². The first-order chi connectivity index (χ1) is 8.61. The first-order valence-corrected chi connectivity index (χ1v) is 7.46. The van der Waals surface area contributed by atoms with E-state index in [-0.39, 0.29) is 11.8 Å². The van der Waals surface area contributed by atoms with Crippen molar-refractivity contribution in [2.24, 2.45) is 17.6 Å². The molecule has 0 spiro atoms. The molecule has 2 rings (SSSR count). The topological polar surface area (TPSA) is 55.1 Å². The van der Waals surface area contributed by atoms with Crippen molar-refractivity contribution in [3.05, 3.63) is 27.3 Å². The first-order valence-electron chi connectivity index (χ1n) is 6.39. The molecule has 98 valence electrons. The normalized spacial score (nSPS) is 23.1. The molecule has 3 N–H and O–H groups in total. The minimum atomic E-state index is 0.0914. The maximum absolute atomic E-state index is 12.3. The molecular weight excluding hydrogens is 339 g/mol. The second-order valence-electron chi connectivity index (χ2n) is 4.98. The Bertz CT molecular complexity index is 447. The van der Waals surface area contributed by atoms with Crippen LogP contribution in [0.4, 0.5) is 5.69 Å². The van der Waals surface area contributed by atoms with E-state index in [9.17, 15) is 4.79 Å². The van der Waals surface area contributed by atoms with E-state index >= 15 is 0 Å². The fourth-order valence-electron chi connectivity index (χ4n) is 2.66. The number of rotatable bonds is 3. The summed E-state index contributed by atoms with van der Waals surface area (Å²) in [5.74, 6) is 0.579. The number of hydrogen-bond donors (Lipinski definition) is 2. The van der Waals surface area contributed by atoms with Crippen LogP contribution >= 0.6 is 22.6 Å². The average molecular weight is 358 g/mol. The minimum Gasteiger partial charge on any atom is -0.330 e. The van der Waals surface area contributed by atoms with Gasteiger partial charge in [0, 0.05) is 15.2 Å². The molecule has 0 saturated heterocycles. The summed E-state index contributed by atoms with van der Waals surface area (Å²) in [7, 11) is 0. The van der Waals surface area contributed by atoms with Crippen molar-refractivity contribution in [3.63, 3.8) is 0 Å². The van der Waals surface area contributed by atoms with Gasteiger partial charge in [-0.3, -0.25) is 4.79 Å². The molecule has 0 bridgehead atoms. The Labute approximate surface area is 122 Å². The third kappa shape index (κ3) is 3.03. The third-order valence-electron chi connectivity index (χ3n) is 3.74. The zero-order valence-corrected chi connectivity index (χ0v) is 12.7. The number of benzene rings is 1. The van der Waals surface area contributed by atoms with Crippen LogP contribution in [0.1, 0.15) is 24.8 Å². The molecule has 1 aliphatic carbocycles. The molecule has 0 aliphatic heterocycles. The Morgan fingerprint density at radius 1 is 1.50 bits per heavy atom. The predicted octanol–water partition coefficient (Wildman–Crippen LogP) is 2.91. The number of aryl methyl sites for hydroxylation is 1. The molecule has 0 heterocycles. The number of anilines is 1. The van der Waals surface area contributed by atoms with Crippen LogP contribution in [-0.4, -0.2) is 12.5 Å².